The van der Waals surface area contributed by atoms with E-state index in [2.05, 4.69) is 15.1 Å². The number of aromatic amines is 1. The summed E-state index contributed by atoms with van der Waals surface area (Å²) in [6, 6.07) is 5.78. The molecule has 0 amide bonds. The van der Waals surface area contributed by atoms with Gasteiger partial charge in [-0.05, 0) is 18.4 Å². The molecule has 0 bridgehead atoms. The van der Waals surface area contributed by atoms with E-state index in [4.69, 9.17) is 0 Å². The van der Waals surface area contributed by atoms with Gasteiger partial charge in [-0.15, -0.1) is 11.8 Å². The molecule has 5 nitrogen and oxygen atoms in total. The molecule has 0 aliphatic carbocycles. The van der Waals surface area contributed by atoms with Crippen molar-refractivity contribution in [2.45, 2.75) is 4.90 Å². The summed E-state index contributed by atoms with van der Waals surface area (Å²) in [7, 11) is 0. The van der Waals surface area contributed by atoms with Crippen molar-refractivity contribution < 1.29 is 0 Å². The normalized spacial score (nSPS) is 11.3. The molecule has 0 radical (unpaired) electrons. The minimum Gasteiger partial charge on any atom is -0.305 e. The Bertz CT molecular complexity index is 730. The van der Waals surface area contributed by atoms with E-state index in [1.165, 1.54) is 10.8 Å². The molecule has 0 aliphatic rings. The number of hydrogen-bond acceptors (Lipinski definition) is 4. The third-order valence-electron chi connectivity index (χ3n) is 2.45. The molecule has 0 fully saturated rings. The fraction of sp³-hybridized carbons (Fsp3) is 0.100. The second-order valence-corrected chi connectivity index (χ2v) is 4.16. The number of nitrogens with one attached hydrogen (secondary N) is 1. The molecule has 0 saturated carbocycles. The van der Waals surface area contributed by atoms with Crippen molar-refractivity contribution in [3.05, 3.63) is 35.0 Å². The van der Waals surface area contributed by atoms with Gasteiger partial charge >= 0.3 is 5.69 Å². The van der Waals surface area contributed by atoms with E-state index >= 15 is 0 Å². The lowest BCUT2D eigenvalue weighted by Gasteiger charge is -2.03. The van der Waals surface area contributed by atoms with Gasteiger partial charge in [0.05, 0.1) is 10.9 Å². The number of rotatable bonds is 1. The summed E-state index contributed by atoms with van der Waals surface area (Å²) in [5.74, 6) is 0. The highest BCUT2D eigenvalue weighted by molar-refractivity contribution is 7.98. The highest BCUT2D eigenvalue weighted by atomic mass is 32.2. The van der Waals surface area contributed by atoms with Crippen LogP contribution in [-0.4, -0.2) is 25.8 Å². The number of H-pyrrole nitrogens is 1. The molecule has 2 aromatic heterocycles. The van der Waals surface area contributed by atoms with Crippen molar-refractivity contribution in [3.8, 4) is 0 Å². The number of thioether (sulfide) groups is 1. The van der Waals surface area contributed by atoms with Crippen LogP contribution in [0, 0.1) is 0 Å². The highest BCUT2D eigenvalue weighted by Gasteiger charge is 2.09. The maximum Gasteiger partial charge on any atom is 0.348 e. The molecular weight excluding hydrogens is 224 g/mol. The quantitative estimate of drug-likeness (QED) is 0.642. The fourth-order valence-electron chi connectivity index (χ4n) is 1.76. The zero-order chi connectivity index (χ0) is 11.1. The maximum absolute atomic E-state index is 11.7. The first kappa shape index (κ1) is 9.41. The van der Waals surface area contributed by atoms with Gasteiger partial charge in [-0.1, -0.05) is 6.07 Å². The minimum absolute atomic E-state index is 0.266. The lowest BCUT2D eigenvalue weighted by atomic mass is 10.2. The van der Waals surface area contributed by atoms with E-state index in [0.717, 1.165) is 15.8 Å². The van der Waals surface area contributed by atoms with Crippen LogP contribution in [0.4, 0.5) is 0 Å². The largest absolute Gasteiger partial charge is 0.348 e. The van der Waals surface area contributed by atoms with Crippen molar-refractivity contribution in [1.82, 2.24) is 19.6 Å². The average molecular weight is 232 g/mol. The van der Waals surface area contributed by atoms with E-state index in [9.17, 15) is 4.79 Å². The Morgan fingerprint density at radius 3 is 3.12 bits per heavy atom. The molecule has 6 heteroatoms. The Kier molecular flexibility index (Phi) is 1.97. The van der Waals surface area contributed by atoms with Crippen LogP contribution in [0.5, 0.6) is 0 Å². The zero-order valence-corrected chi connectivity index (χ0v) is 9.28. The average Bonchev–Trinajstić information content (AvgIpc) is 2.77. The summed E-state index contributed by atoms with van der Waals surface area (Å²) in [5.41, 5.74) is 1.12. The van der Waals surface area contributed by atoms with Crippen LogP contribution >= 0.6 is 11.8 Å². The molecule has 1 aromatic carbocycles. The Labute approximate surface area is 94.5 Å². The molecule has 2 heterocycles. The fourth-order valence-corrected chi connectivity index (χ4v) is 2.38. The molecule has 1 N–H and O–H groups in total. The Morgan fingerprint density at radius 1 is 1.44 bits per heavy atom. The summed E-state index contributed by atoms with van der Waals surface area (Å²) in [5, 5.41) is 4.83. The van der Waals surface area contributed by atoms with E-state index in [0.29, 0.717) is 5.65 Å². The van der Waals surface area contributed by atoms with Gasteiger partial charge in [0.15, 0.2) is 5.65 Å². The predicted molar refractivity (Wildman–Crippen MR) is 62.9 cm³/mol. The third-order valence-corrected chi connectivity index (χ3v) is 3.23. The first-order chi connectivity index (χ1) is 7.81. The summed E-state index contributed by atoms with van der Waals surface area (Å²) < 4.78 is 1.28. The van der Waals surface area contributed by atoms with Crippen LogP contribution in [0.2, 0.25) is 0 Å². The van der Waals surface area contributed by atoms with Crippen LogP contribution in [0.25, 0.3) is 16.6 Å². The number of nitrogens with zero attached hydrogens (tertiary/aromatic N) is 3. The third kappa shape index (κ3) is 1.16. The summed E-state index contributed by atoms with van der Waals surface area (Å²) in [6.07, 6.45) is 3.38. The second kappa shape index (κ2) is 3.34. The van der Waals surface area contributed by atoms with E-state index in [1.54, 1.807) is 11.8 Å². The van der Waals surface area contributed by atoms with Gasteiger partial charge < -0.3 is 4.98 Å². The van der Waals surface area contributed by atoms with Gasteiger partial charge in [0, 0.05) is 4.90 Å². The van der Waals surface area contributed by atoms with Crippen LogP contribution in [0.15, 0.2) is 34.2 Å². The number of benzene rings is 1. The molecule has 3 aromatic rings. The highest BCUT2D eigenvalue weighted by Crippen LogP contribution is 2.26. The van der Waals surface area contributed by atoms with Crippen molar-refractivity contribution in [1.29, 1.82) is 0 Å². The van der Waals surface area contributed by atoms with Crippen molar-refractivity contribution in [2.24, 2.45) is 0 Å². The second-order valence-electron chi connectivity index (χ2n) is 3.31. The molecule has 0 atom stereocenters. The van der Waals surface area contributed by atoms with Crippen molar-refractivity contribution in [2.75, 3.05) is 6.26 Å². The number of hydrogen-bond donors (Lipinski definition) is 1. The molecule has 80 valence electrons. The van der Waals surface area contributed by atoms with E-state index in [-0.39, 0.29) is 5.69 Å². The zero-order valence-electron chi connectivity index (χ0n) is 8.47. The first-order valence-electron chi connectivity index (χ1n) is 4.70. The van der Waals surface area contributed by atoms with Gasteiger partial charge in [-0.2, -0.15) is 9.61 Å². The SMILES string of the molecule is CSc1cccc2[nH]c(=O)n3ncnc3c12. The van der Waals surface area contributed by atoms with E-state index < -0.39 is 0 Å². The van der Waals surface area contributed by atoms with Crippen molar-refractivity contribution >= 4 is 28.3 Å². The van der Waals surface area contributed by atoms with Gasteiger partial charge in [0.1, 0.15) is 6.33 Å². The number of fused-ring (bicyclic) bond motifs is 3. The van der Waals surface area contributed by atoms with Gasteiger partial charge in [-0.25, -0.2) is 9.78 Å². The summed E-state index contributed by atoms with van der Waals surface area (Å²) >= 11 is 1.62. The molecule has 16 heavy (non-hydrogen) atoms. The van der Waals surface area contributed by atoms with Crippen molar-refractivity contribution in [3.63, 3.8) is 0 Å². The molecule has 0 unspecified atom stereocenters. The molecular formula is C10H8N4OS. The van der Waals surface area contributed by atoms with E-state index in [1.807, 2.05) is 24.5 Å². The van der Waals surface area contributed by atoms with Gasteiger partial charge in [0.2, 0.25) is 0 Å². The van der Waals surface area contributed by atoms with Crippen LogP contribution in [0.1, 0.15) is 0 Å². The molecule has 3 rings (SSSR count). The molecule has 0 spiro atoms. The van der Waals surface area contributed by atoms with Crippen LogP contribution in [0.3, 0.4) is 0 Å². The van der Waals surface area contributed by atoms with Gasteiger partial charge in [-0.3, -0.25) is 0 Å². The van der Waals surface area contributed by atoms with Crippen LogP contribution < -0.4 is 5.69 Å². The van der Waals surface area contributed by atoms with Crippen LogP contribution in [-0.2, 0) is 0 Å². The Morgan fingerprint density at radius 2 is 2.31 bits per heavy atom. The van der Waals surface area contributed by atoms with Gasteiger partial charge in [0.25, 0.3) is 0 Å². The number of aromatic nitrogens is 4. The smallest absolute Gasteiger partial charge is 0.305 e. The topological polar surface area (TPSA) is 63.0 Å². The first-order valence-corrected chi connectivity index (χ1v) is 5.92. The minimum atomic E-state index is -0.266. The lowest BCUT2D eigenvalue weighted by Crippen LogP contribution is -2.17. The molecule has 0 aliphatic heterocycles. The predicted octanol–water partition coefficient (Wildman–Crippen LogP) is 1.29. The maximum atomic E-state index is 11.7. The summed E-state index contributed by atoms with van der Waals surface area (Å²) in [6.45, 7) is 0. The Balaban J connectivity index is 2.66. The monoisotopic (exact) mass is 232 g/mol. The summed E-state index contributed by atoms with van der Waals surface area (Å²) in [4.78, 5) is 19.6. The standard InChI is InChI=1S/C10H8N4OS/c1-16-7-4-2-3-6-8(7)9-11-5-12-14(9)10(15)13-6/h2-5H,1H3,(H,13,15). The Hall–Kier alpha value is -1.82. The molecule has 0 saturated heterocycles. The lowest BCUT2D eigenvalue weighted by molar-refractivity contribution is 0.880.